The number of rotatable bonds is 30. The summed E-state index contributed by atoms with van der Waals surface area (Å²) < 4.78 is 3.92. The quantitative estimate of drug-likeness (QED) is 0.0522. The minimum absolute atomic E-state index is 0.0193. The highest BCUT2D eigenvalue weighted by Gasteiger charge is 2.25. The van der Waals surface area contributed by atoms with Crippen LogP contribution in [0.2, 0.25) is 0 Å². The van der Waals surface area contributed by atoms with Gasteiger partial charge in [0, 0.05) is 64.7 Å². The molecule has 0 aliphatic heterocycles. The second kappa shape index (κ2) is 25.5. The van der Waals surface area contributed by atoms with Crippen LogP contribution in [-0.4, -0.2) is 117 Å². The summed E-state index contributed by atoms with van der Waals surface area (Å²) in [5.41, 5.74) is 0. The maximum Gasteiger partial charge on any atom is 0.326 e. The van der Waals surface area contributed by atoms with E-state index in [9.17, 15) is 43.8 Å². The molecule has 0 saturated heterocycles. The van der Waals surface area contributed by atoms with Crippen molar-refractivity contribution in [3.63, 3.8) is 0 Å². The fourth-order valence-corrected chi connectivity index (χ4v) is 5.77. The fourth-order valence-electron chi connectivity index (χ4n) is 5.77. The van der Waals surface area contributed by atoms with Gasteiger partial charge in [-0.15, -0.1) is 0 Å². The molecule has 0 aromatic carbocycles. The van der Waals surface area contributed by atoms with Crippen LogP contribution in [0.25, 0.3) is 0 Å². The van der Waals surface area contributed by atoms with Crippen LogP contribution in [-0.2, 0) is 56.0 Å². The third-order valence-corrected chi connectivity index (χ3v) is 9.08. The number of nitrogens with zero attached hydrogens (tertiary/aromatic N) is 5. The monoisotopic (exact) mass is 791 g/mol. The standard InChI is InChI=1S/C36H57N9O11/c1-43-21-18-37-28(43)23-45(24-29-38-19-22-44(29)2)20-10-8-12-25(33(50)51)40-31(47)14-6-4-3-5-13-30(46)39-17-9-7-11-26(34(52)53)41-36(56)42-27(35(54)55)15-16-32(48)49/h18-19,21-22,25-27H,3-17,20,23-24H2,1-2H3,(H,39,46)(H,40,47)(H,48,49)(H,50,51)(H,52,53)(H,54,55)(H2,41,42,56)/t25-,26-,27-/m0/s1. The maximum atomic E-state index is 12.5. The van der Waals surface area contributed by atoms with Crippen LogP contribution in [0.15, 0.2) is 24.8 Å². The lowest BCUT2D eigenvalue weighted by Gasteiger charge is -2.22. The van der Waals surface area contributed by atoms with Gasteiger partial charge < -0.3 is 50.8 Å². The van der Waals surface area contributed by atoms with E-state index in [0.717, 1.165) is 18.1 Å². The average molecular weight is 792 g/mol. The third kappa shape index (κ3) is 19.2. The van der Waals surface area contributed by atoms with Crippen LogP contribution in [0.3, 0.4) is 0 Å². The highest BCUT2D eigenvalue weighted by Crippen LogP contribution is 2.12. The van der Waals surface area contributed by atoms with E-state index in [1.54, 1.807) is 12.4 Å². The number of carboxylic acid groups (broad SMARTS) is 4. The van der Waals surface area contributed by atoms with Gasteiger partial charge in [-0.2, -0.15) is 0 Å². The molecule has 20 nitrogen and oxygen atoms in total. The summed E-state index contributed by atoms with van der Waals surface area (Å²) in [6.45, 7) is 2.21. The highest BCUT2D eigenvalue weighted by molar-refractivity contribution is 5.86. The van der Waals surface area contributed by atoms with Crippen molar-refractivity contribution in [1.82, 2.24) is 45.3 Å². The summed E-state index contributed by atoms with van der Waals surface area (Å²) in [4.78, 5) is 93.2. The summed E-state index contributed by atoms with van der Waals surface area (Å²) in [5.74, 6) is -3.79. The molecule has 0 unspecified atom stereocenters. The van der Waals surface area contributed by atoms with Crippen molar-refractivity contribution in [3.05, 3.63) is 36.4 Å². The third-order valence-electron chi connectivity index (χ3n) is 9.08. The number of aromatic nitrogens is 4. The number of nitrogens with one attached hydrogen (secondary N) is 4. The number of hydrogen-bond acceptors (Lipinski definition) is 10. The Balaban J connectivity index is 1.58. The topological polar surface area (TPSA) is 287 Å². The van der Waals surface area contributed by atoms with E-state index < -0.39 is 54.5 Å². The molecule has 56 heavy (non-hydrogen) atoms. The highest BCUT2D eigenvalue weighted by atomic mass is 16.4. The second-order valence-corrected chi connectivity index (χ2v) is 13.7. The number of amides is 4. The van der Waals surface area contributed by atoms with E-state index in [1.165, 1.54) is 0 Å². The zero-order chi connectivity index (χ0) is 41.5. The Bertz CT molecular complexity index is 1540. The van der Waals surface area contributed by atoms with E-state index in [0.29, 0.717) is 71.0 Å². The first-order chi connectivity index (χ1) is 26.7. The van der Waals surface area contributed by atoms with Crippen molar-refractivity contribution in [3.8, 4) is 0 Å². The van der Waals surface area contributed by atoms with Crippen LogP contribution < -0.4 is 21.3 Å². The Hall–Kier alpha value is -5.53. The zero-order valence-electron chi connectivity index (χ0n) is 32.2. The number of aryl methyl sites for hydroxylation is 2. The number of aliphatic carboxylic acids is 4. The molecule has 2 aromatic rings. The fraction of sp³-hybridized carbons (Fsp3) is 0.639. The van der Waals surface area contributed by atoms with Crippen molar-refractivity contribution in [2.45, 2.75) is 121 Å². The number of carbonyl (C=O) groups is 7. The van der Waals surface area contributed by atoms with Gasteiger partial charge in [0.25, 0.3) is 0 Å². The van der Waals surface area contributed by atoms with Gasteiger partial charge in [-0.1, -0.05) is 12.8 Å². The number of carbonyl (C=O) groups excluding carboxylic acids is 3. The lowest BCUT2D eigenvalue weighted by molar-refractivity contribution is -0.142. The predicted molar refractivity (Wildman–Crippen MR) is 200 cm³/mol. The van der Waals surface area contributed by atoms with Gasteiger partial charge in [-0.05, 0) is 64.3 Å². The summed E-state index contributed by atoms with van der Waals surface area (Å²) in [5, 5.41) is 46.6. The van der Waals surface area contributed by atoms with E-state index in [1.807, 2.05) is 35.6 Å². The van der Waals surface area contributed by atoms with Gasteiger partial charge in [0.1, 0.15) is 29.8 Å². The molecule has 0 bridgehead atoms. The first kappa shape index (κ1) is 46.6. The number of imidazole rings is 2. The summed E-state index contributed by atoms with van der Waals surface area (Å²) in [6.07, 6.45) is 11.8. The van der Waals surface area contributed by atoms with Crippen molar-refractivity contribution in [2.24, 2.45) is 14.1 Å². The molecule has 0 radical (unpaired) electrons. The minimum Gasteiger partial charge on any atom is -0.481 e. The van der Waals surface area contributed by atoms with Crippen molar-refractivity contribution >= 4 is 41.7 Å². The largest absolute Gasteiger partial charge is 0.481 e. The van der Waals surface area contributed by atoms with Crippen LogP contribution in [0.4, 0.5) is 4.79 Å². The summed E-state index contributed by atoms with van der Waals surface area (Å²) in [7, 11) is 3.87. The van der Waals surface area contributed by atoms with Crippen LogP contribution in [0.1, 0.15) is 102 Å². The van der Waals surface area contributed by atoms with Crippen LogP contribution in [0.5, 0.6) is 0 Å². The van der Waals surface area contributed by atoms with Crippen molar-refractivity contribution in [1.29, 1.82) is 0 Å². The zero-order valence-corrected chi connectivity index (χ0v) is 32.2. The molecular weight excluding hydrogens is 734 g/mol. The molecule has 0 saturated carbocycles. The Morgan fingerprint density at radius 1 is 0.607 bits per heavy atom. The maximum absolute atomic E-state index is 12.5. The molecule has 8 N–H and O–H groups in total. The molecule has 2 aromatic heterocycles. The number of carboxylic acids is 4. The van der Waals surface area contributed by atoms with E-state index in [4.69, 9.17) is 10.2 Å². The van der Waals surface area contributed by atoms with Crippen molar-refractivity contribution in [2.75, 3.05) is 13.1 Å². The normalized spacial score (nSPS) is 12.7. The molecule has 4 amide bonds. The predicted octanol–water partition coefficient (Wildman–Crippen LogP) is 1.59. The lowest BCUT2D eigenvalue weighted by Crippen LogP contribution is -2.51. The molecule has 2 rings (SSSR count). The van der Waals surface area contributed by atoms with E-state index in [-0.39, 0.29) is 44.0 Å². The molecule has 20 heteroatoms. The Labute approximate surface area is 325 Å². The Morgan fingerprint density at radius 3 is 1.57 bits per heavy atom. The van der Waals surface area contributed by atoms with Gasteiger partial charge in [-0.3, -0.25) is 19.3 Å². The molecule has 0 aliphatic carbocycles. The molecule has 0 aliphatic rings. The minimum atomic E-state index is -1.50. The van der Waals surface area contributed by atoms with Crippen LogP contribution in [0, 0.1) is 0 Å². The molecule has 0 spiro atoms. The SMILES string of the molecule is Cn1ccnc1CN(CCCC[C@H](NC(=O)CCCCCCC(=O)NCCCC[C@H](NC(=O)N[C@@H](CCC(=O)O)C(=O)O)C(=O)O)C(=O)O)Cc1nccn1C. The molecular formula is C36H57N9O11. The van der Waals surface area contributed by atoms with Gasteiger partial charge >= 0.3 is 29.9 Å². The smallest absolute Gasteiger partial charge is 0.326 e. The van der Waals surface area contributed by atoms with E-state index in [2.05, 4.69) is 36.1 Å². The summed E-state index contributed by atoms with van der Waals surface area (Å²) in [6, 6.07) is -4.84. The molecule has 3 atom stereocenters. The average Bonchev–Trinajstić information content (AvgIpc) is 3.73. The number of hydrogen-bond donors (Lipinski definition) is 8. The van der Waals surface area contributed by atoms with E-state index >= 15 is 0 Å². The summed E-state index contributed by atoms with van der Waals surface area (Å²) >= 11 is 0. The Morgan fingerprint density at radius 2 is 1.09 bits per heavy atom. The van der Waals surface area contributed by atoms with Gasteiger partial charge in [-0.25, -0.2) is 29.1 Å². The van der Waals surface area contributed by atoms with Crippen molar-refractivity contribution < 1.29 is 54.0 Å². The van der Waals surface area contributed by atoms with Crippen LogP contribution >= 0.6 is 0 Å². The van der Waals surface area contributed by atoms with Gasteiger partial charge in [0.15, 0.2) is 0 Å². The molecule has 2 heterocycles. The van der Waals surface area contributed by atoms with Gasteiger partial charge in [0.05, 0.1) is 13.1 Å². The Kier molecular flexibility index (Phi) is 21.3. The first-order valence-corrected chi connectivity index (χ1v) is 18.8. The first-order valence-electron chi connectivity index (χ1n) is 18.8. The van der Waals surface area contributed by atoms with Gasteiger partial charge in [0.2, 0.25) is 11.8 Å². The second-order valence-electron chi connectivity index (χ2n) is 13.7. The lowest BCUT2D eigenvalue weighted by atomic mass is 10.1. The number of unbranched alkanes of at least 4 members (excludes halogenated alkanes) is 5. The number of urea groups is 1. The molecule has 0 fully saturated rings. The molecule has 312 valence electrons.